The molecule has 0 spiro atoms. The number of esters is 2. The van der Waals surface area contributed by atoms with E-state index in [0.717, 1.165) is 32.4 Å². The highest BCUT2D eigenvalue weighted by molar-refractivity contribution is 5.79. The summed E-state index contributed by atoms with van der Waals surface area (Å²) in [6.45, 7) is 8.32. The molecular formula is C18H31NO6. The lowest BCUT2D eigenvalue weighted by Crippen LogP contribution is -2.47. The summed E-state index contributed by atoms with van der Waals surface area (Å²) >= 11 is 0. The Morgan fingerprint density at radius 1 is 1.28 bits per heavy atom. The number of aliphatic hydroxyl groups is 2. The zero-order valence-corrected chi connectivity index (χ0v) is 15.6. The maximum absolute atomic E-state index is 12.1. The Kier molecular flexibility index (Phi) is 6.45. The summed E-state index contributed by atoms with van der Waals surface area (Å²) in [7, 11) is 0. The molecule has 6 atom stereocenters. The van der Waals surface area contributed by atoms with Crippen LogP contribution in [0.5, 0.6) is 0 Å². The van der Waals surface area contributed by atoms with Gasteiger partial charge in [-0.3, -0.25) is 9.69 Å². The molecule has 25 heavy (non-hydrogen) atoms. The van der Waals surface area contributed by atoms with Gasteiger partial charge >= 0.3 is 11.9 Å². The van der Waals surface area contributed by atoms with E-state index in [-0.39, 0.29) is 36.6 Å². The van der Waals surface area contributed by atoms with Crippen LogP contribution < -0.4 is 0 Å². The third-order valence-electron chi connectivity index (χ3n) is 5.71. The van der Waals surface area contributed by atoms with Gasteiger partial charge in [-0.2, -0.15) is 0 Å². The highest BCUT2D eigenvalue weighted by atomic mass is 16.6. The first kappa shape index (κ1) is 20.1. The van der Waals surface area contributed by atoms with Gasteiger partial charge in [0.15, 0.2) is 5.60 Å². The minimum absolute atomic E-state index is 0.0531. The fourth-order valence-corrected chi connectivity index (χ4v) is 3.45. The molecule has 0 saturated carbocycles. The van der Waals surface area contributed by atoms with Gasteiger partial charge in [-0.1, -0.05) is 13.8 Å². The lowest BCUT2D eigenvalue weighted by atomic mass is 9.96. The fourth-order valence-electron chi connectivity index (χ4n) is 3.45. The van der Waals surface area contributed by atoms with Crippen LogP contribution in [0.1, 0.15) is 47.0 Å². The molecule has 2 aliphatic rings. The van der Waals surface area contributed by atoms with Crippen molar-refractivity contribution < 1.29 is 29.3 Å². The Bertz CT molecular complexity index is 492. The summed E-state index contributed by atoms with van der Waals surface area (Å²) in [5.41, 5.74) is -1.92. The molecule has 7 nitrogen and oxygen atoms in total. The van der Waals surface area contributed by atoms with Crippen LogP contribution in [0.25, 0.3) is 0 Å². The van der Waals surface area contributed by atoms with Crippen molar-refractivity contribution in [3.05, 3.63) is 0 Å². The molecule has 7 heteroatoms. The molecule has 1 unspecified atom stereocenters. The lowest BCUT2D eigenvalue weighted by Gasteiger charge is -2.28. The van der Waals surface area contributed by atoms with Gasteiger partial charge in [0.1, 0.15) is 6.10 Å². The second-order valence-corrected chi connectivity index (χ2v) is 7.57. The first-order chi connectivity index (χ1) is 11.7. The van der Waals surface area contributed by atoms with Crippen molar-refractivity contribution in [3.63, 3.8) is 0 Å². The molecule has 2 aliphatic heterocycles. The molecule has 2 rings (SSSR count). The molecule has 0 bridgehead atoms. The number of ether oxygens (including phenoxy) is 2. The fraction of sp³-hybridized carbons (Fsp3) is 0.889. The third kappa shape index (κ3) is 4.33. The van der Waals surface area contributed by atoms with Crippen LogP contribution in [0, 0.1) is 11.8 Å². The van der Waals surface area contributed by atoms with E-state index < -0.39 is 17.7 Å². The van der Waals surface area contributed by atoms with Crippen molar-refractivity contribution in [2.75, 3.05) is 19.7 Å². The van der Waals surface area contributed by atoms with Crippen LogP contribution >= 0.6 is 0 Å². The van der Waals surface area contributed by atoms with E-state index in [2.05, 4.69) is 4.90 Å². The van der Waals surface area contributed by atoms with Crippen molar-refractivity contribution >= 4 is 11.9 Å². The quantitative estimate of drug-likeness (QED) is 0.648. The summed E-state index contributed by atoms with van der Waals surface area (Å²) in [6.07, 6.45) is 1.00. The van der Waals surface area contributed by atoms with E-state index in [0.29, 0.717) is 0 Å². The topological polar surface area (TPSA) is 96.3 Å². The second-order valence-electron chi connectivity index (χ2n) is 7.57. The minimum Gasteiger partial charge on any atom is -0.463 e. The normalized spacial score (nSPS) is 31.0. The average Bonchev–Trinajstić information content (AvgIpc) is 3.14. The number of carbonyl (C=O) groups is 2. The van der Waals surface area contributed by atoms with E-state index in [1.54, 1.807) is 0 Å². The Morgan fingerprint density at radius 2 is 1.92 bits per heavy atom. The molecule has 2 heterocycles. The van der Waals surface area contributed by atoms with E-state index >= 15 is 0 Å². The molecule has 0 radical (unpaired) electrons. The number of carbonyl (C=O) groups excluding carboxylic acids is 2. The van der Waals surface area contributed by atoms with Crippen molar-refractivity contribution in [1.29, 1.82) is 0 Å². The number of aliphatic hydroxyl groups excluding tert-OH is 1. The van der Waals surface area contributed by atoms with Gasteiger partial charge in [-0.15, -0.1) is 0 Å². The number of hydrogen-bond donors (Lipinski definition) is 2. The average molecular weight is 357 g/mol. The summed E-state index contributed by atoms with van der Waals surface area (Å²) in [4.78, 5) is 26.4. The standard InChI is InChI=1S/C18H31NO6/c1-5-11(2)16(21)25-14-7-9-19-8-6-13(15(14)19)10-24-17(22)18(4,23)12(3)20/h11-15,20,23H,5-10H2,1-4H3/t11?,12-,13-,14-,15-,18+/m1/s1. The van der Waals surface area contributed by atoms with Gasteiger partial charge in [-0.05, 0) is 39.7 Å². The Hall–Kier alpha value is -1.18. The van der Waals surface area contributed by atoms with Crippen LogP contribution in [0.3, 0.4) is 0 Å². The van der Waals surface area contributed by atoms with Gasteiger partial charge in [0.05, 0.1) is 24.7 Å². The van der Waals surface area contributed by atoms with Crippen molar-refractivity contribution in [1.82, 2.24) is 4.90 Å². The molecule has 2 N–H and O–H groups in total. The number of nitrogens with zero attached hydrogens (tertiary/aromatic N) is 1. The second kappa shape index (κ2) is 8.01. The highest BCUT2D eigenvalue weighted by Gasteiger charge is 2.47. The van der Waals surface area contributed by atoms with Crippen LogP contribution in [0.4, 0.5) is 0 Å². The number of fused-ring (bicyclic) bond motifs is 1. The molecule has 2 fully saturated rings. The smallest absolute Gasteiger partial charge is 0.340 e. The van der Waals surface area contributed by atoms with Gasteiger partial charge in [0.25, 0.3) is 0 Å². The van der Waals surface area contributed by atoms with Crippen LogP contribution in [-0.4, -0.2) is 70.6 Å². The van der Waals surface area contributed by atoms with Crippen LogP contribution in [0.2, 0.25) is 0 Å². The lowest BCUT2D eigenvalue weighted by molar-refractivity contribution is -0.176. The Morgan fingerprint density at radius 3 is 2.52 bits per heavy atom. The molecule has 0 aliphatic carbocycles. The molecule has 0 aromatic heterocycles. The predicted octanol–water partition coefficient (Wildman–Crippen LogP) is 0.714. The number of hydrogen-bond acceptors (Lipinski definition) is 7. The summed E-state index contributed by atoms with van der Waals surface area (Å²) in [5.74, 6) is -1.06. The summed E-state index contributed by atoms with van der Waals surface area (Å²) < 4.78 is 11.0. The van der Waals surface area contributed by atoms with Crippen LogP contribution in [0.15, 0.2) is 0 Å². The Balaban J connectivity index is 1.94. The minimum atomic E-state index is -1.92. The summed E-state index contributed by atoms with van der Waals surface area (Å²) in [6, 6.07) is 0.0531. The molecule has 2 saturated heterocycles. The van der Waals surface area contributed by atoms with Crippen molar-refractivity contribution in [2.45, 2.75) is 70.8 Å². The maximum atomic E-state index is 12.1. The van der Waals surface area contributed by atoms with Gasteiger partial charge in [0, 0.05) is 12.5 Å². The zero-order chi connectivity index (χ0) is 18.8. The molecule has 0 aromatic rings. The largest absolute Gasteiger partial charge is 0.463 e. The predicted molar refractivity (Wildman–Crippen MR) is 90.7 cm³/mol. The van der Waals surface area contributed by atoms with E-state index in [1.165, 1.54) is 13.8 Å². The SMILES string of the molecule is CCC(C)C(=O)O[C@@H]1CCN2CC[C@H](COC(=O)[C@@](C)(O)[C@@H](C)O)[C@H]12. The highest BCUT2D eigenvalue weighted by Crippen LogP contribution is 2.35. The van der Waals surface area contributed by atoms with Gasteiger partial charge in [-0.25, -0.2) is 4.79 Å². The van der Waals surface area contributed by atoms with Crippen LogP contribution in [-0.2, 0) is 19.1 Å². The maximum Gasteiger partial charge on any atom is 0.340 e. The summed E-state index contributed by atoms with van der Waals surface area (Å²) in [5, 5.41) is 19.5. The first-order valence-corrected chi connectivity index (χ1v) is 9.20. The zero-order valence-electron chi connectivity index (χ0n) is 15.6. The third-order valence-corrected chi connectivity index (χ3v) is 5.71. The Labute approximate surface area is 149 Å². The molecular weight excluding hydrogens is 326 g/mol. The van der Waals surface area contributed by atoms with Gasteiger partial charge < -0.3 is 19.7 Å². The molecule has 0 amide bonds. The molecule has 144 valence electrons. The van der Waals surface area contributed by atoms with Crippen molar-refractivity contribution in [2.24, 2.45) is 11.8 Å². The van der Waals surface area contributed by atoms with E-state index in [9.17, 15) is 19.8 Å². The van der Waals surface area contributed by atoms with Crippen molar-refractivity contribution in [3.8, 4) is 0 Å². The van der Waals surface area contributed by atoms with Gasteiger partial charge in [0.2, 0.25) is 0 Å². The molecule has 0 aromatic carbocycles. The van der Waals surface area contributed by atoms with E-state index in [4.69, 9.17) is 9.47 Å². The monoisotopic (exact) mass is 357 g/mol. The number of rotatable bonds is 7. The first-order valence-electron chi connectivity index (χ1n) is 9.20. The van der Waals surface area contributed by atoms with E-state index in [1.807, 2.05) is 13.8 Å².